The minimum Gasteiger partial charge on any atom is -0.497 e. The number of benzene rings is 1. The van der Waals surface area contributed by atoms with Gasteiger partial charge in [0, 0.05) is 6.07 Å². The molecule has 0 fully saturated rings. The number of hydrogen-bond donors (Lipinski definition) is 3. The molecule has 0 saturated carbocycles. The second kappa shape index (κ2) is 5.47. The molecule has 1 atom stereocenters. The van der Waals surface area contributed by atoms with Crippen LogP contribution in [-0.4, -0.2) is 23.2 Å². The van der Waals surface area contributed by atoms with Crippen LogP contribution in [0.25, 0.3) is 0 Å². The average molecular weight is 286 g/mol. The van der Waals surface area contributed by atoms with Crippen LogP contribution in [0.2, 0.25) is 0 Å². The predicted octanol–water partition coefficient (Wildman–Crippen LogP) is 1.81. The molecule has 6 nitrogen and oxygen atoms in total. The summed E-state index contributed by atoms with van der Waals surface area (Å²) < 4.78 is 5.25. The van der Waals surface area contributed by atoms with Gasteiger partial charge in [0.15, 0.2) is 0 Å². The van der Waals surface area contributed by atoms with E-state index in [1.54, 1.807) is 7.11 Å². The van der Waals surface area contributed by atoms with Crippen molar-refractivity contribution >= 4 is 11.7 Å². The molecule has 0 aliphatic heterocycles. The fraction of sp³-hybridized carbons (Fsp3) is 0.333. The molecule has 2 aromatic rings. The van der Waals surface area contributed by atoms with Crippen LogP contribution in [0, 0.1) is 0 Å². The molecule has 110 valence electrons. The molecule has 1 aromatic heterocycles. The zero-order valence-electron chi connectivity index (χ0n) is 11.8. The third-order valence-electron chi connectivity index (χ3n) is 3.81. The number of fused-ring (bicyclic) bond motifs is 1. The Kier molecular flexibility index (Phi) is 3.51. The molecule has 1 aliphatic carbocycles. The molecule has 21 heavy (non-hydrogen) atoms. The molecule has 0 spiro atoms. The van der Waals surface area contributed by atoms with E-state index >= 15 is 0 Å². The minimum atomic E-state index is -0.187. The summed E-state index contributed by atoms with van der Waals surface area (Å²) >= 11 is 0. The van der Waals surface area contributed by atoms with Crippen LogP contribution in [0.3, 0.4) is 0 Å². The number of carbonyl (C=O) groups excluding carboxylic acids is 1. The van der Waals surface area contributed by atoms with E-state index < -0.39 is 0 Å². The topological polar surface area (TPSA) is 93.0 Å². The number of amides is 1. The van der Waals surface area contributed by atoms with E-state index in [-0.39, 0.29) is 11.9 Å². The van der Waals surface area contributed by atoms with E-state index in [2.05, 4.69) is 15.5 Å². The quantitative estimate of drug-likeness (QED) is 0.802. The van der Waals surface area contributed by atoms with Crippen LogP contribution in [0.15, 0.2) is 24.3 Å². The van der Waals surface area contributed by atoms with Crippen molar-refractivity contribution in [2.75, 3.05) is 12.8 Å². The largest absolute Gasteiger partial charge is 0.497 e. The summed E-state index contributed by atoms with van der Waals surface area (Å²) in [5.41, 5.74) is 8.29. The van der Waals surface area contributed by atoms with Gasteiger partial charge in [-0.05, 0) is 42.5 Å². The first-order chi connectivity index (χ1) is 10.2. The minimum absolute atomic E-state index is 0.0108. The van der Waals surface area contributed by atoms with Gasteiger partial charge in [-0.3, -0.25) is 9.89 Å². The van der Waals surface area contributed by atoms with Gasteiger partial charge in [0.1, 0.15) is 17.3 Å². The Morgan fingerprint density at radius 2 is 2.33 bits per heavy atom. The van der Waals surface area contributed by atoms with E-state index in [0.717, 1.165) is 30.6 Å². The second-order valence-electron chi connectivity index (χ2n) is 5.19. The molecule has 1 amide bonds. The van der Waals surface area contributed by atoms with Crippen LogP contribution in [0.4, 0.5) is 5.82 Å². The third kappa shape index (κ3) is 2.69. The molecule has 3 rings (SSSR count). The number of anilines is 1. The van der Waals surface area contributed by atoms with Gasteiger partial charge in [0.05, 0.1) is 13.2 Å². The SMILES string of the molecule is COc1ccc2c(c1)CCC[C@H]2NC(=O)c1cc(N)n[nH]1. The van der Waals surface area contributed by atoms with E-state index in [0.29, 0.717) is 11.5 Å². The number of methoxy groups -OCH3 is 1. The van der Waals surface area contributed by atoms with Crippen molar-refractivity contribution < 1.29 is 9.53 Å². The van der Waals surface area contributed by atoms with E-state index in [9.17, 15) is 4.79 Å². The molecule has 6 heteroatoms. The third-order valence-corrected chi connectivity index (χ3v) is 3.81. The van der Waals surface area contributed by atoms with Gasteiger partial charge in [0.25, 0.3) is 5.91 Å². The fourth-order valence-electron chi connectivity index (χ4n) is 2.76. The van der Waals surface area contributed by atoms with E-state index in [1.165, 1.54) is 11.6 Å². The Balaban J connectivity index is 1.80. The lowest BCUT2D eigenvalue weighted by atomic mass is 9.87. The number of ether oxygens (including phenoxy) is 1. The van der Waals surface area contributed by atoms with Crippen LogP contribution in [0.5, 0.6) is 5.75 Å². The molecule has 0 unspecified atom stereocenters. The number of nitrogens with two attached hydrogens (primary N) is 1. The highest BCUT2D eigenvalue weighted by molar-refractivity contribution is 5.93. The maximum Gasteiger partial charge on any atom is 0.269 e. The number of aryl methyl sites for hydroxylation is 1. The summed E-state index contributed by atoms with van der Waals surface area (Å²) in [6.45, 7) is 0. The number of rotatable bonds is 3. The van der Waals surface area contributed by atoms with Gasteiger partial charge < -0.3 is 15.8 Å². The van der Waals surface area contributed by atoms with E-state index in [1.807, 2.05) is 18.2 Å². The number of nitrogen functional groups attached to an aromatic ring is 1. The molecule has 1 aliphatic rings. The van der Waals surface area contributed by atoms with Gasteiger partial charge >= 0.3 is 0 Å². The smallest absolute Gasteiger partial charge is 0.269 e. The summed E-state index contributed by atoms with van der Waals surface area (Å²) in [4.78, 5) is 12.2. The van der Waals surface area contributed by atoms with Gasteiger partial charge in [-0.15, -0.1) is 0 Å². The Labute approximate surface area is 122 Å². The lowest BCUT2D eigenvalue weighted by Gasteiger charge is -2.26. The highest BCUT2D eigenvalue weighted by Crippen LogP contribution is 2.32. The molecule has 1 aromatic carbocycles. The van der Waals surface area contributed by atoms with Gasteiger partial charge in [0.2, 0.25) is 0 Å². The second-order valence-corrected chi connectivity index (χ2v) is 5.19. The number of nitrogens with one attached hydrogen (secondary N) is 2. The zero-order valence-corrected chi connectivity index (χ0v) is 11.8. The average Bonchev–Trinajstić information content (AvgIpc) is 2.93. The standard InChI is InChI=1S/C15H18N4O2/c1-21-10-5-6-11-9(7-10)3-2-4-12(11)17-15(20)13-8-14(16)19-18-13/h5-8,12H,2-4H2,1H3,(H,17,20)(H3,16,18,19)/t12-/m1/s1. The molecular weight excluding hydrogens is 268 g/mol. The lowest BCUT2D eigenvalue weighted by molar-refractivity contribution is 0.0927. The monoisotopic (exact) mass is 286 g/mol. The van der Waals surface area contributed by atoms with Crippen molar-refractivity contribution in [2.24, 2.45) is 0 Å². The maximum absolute atomic E-state index is 12.2. The first-order valence-corrected chi connectivity index (χ1v) is 6.96. The van der Waals surface area contributed by atoms with Crippen molar-refractivity contribution in [1.82, 2.24) is 15.5 Å². The van der Waals surface area contributed by atoms with Crippen molar-refractivity contribution in [2.45, 2.75) is 25.3 Å². The number of aromatic nitrogens is 2. The number of aromatic amines is 1. The van der Waals surface area contributed by atoms with Crippen molar-refractivity contribution in [3.8, 4) is 5.75 Å². The first-order valence-electron chi connectivity index (χ1n) is 6.96. The molecule has 0 bridgehead atoms. The summed E-state index contributed by atoms with van der Waals surface area (Å²) in [6.07, 6.45) is 2.97. The van der Waals surface area contributed by atoms with Crippen LogP contribution in [0.1, 0.15) is 40.5 Å². The summed E-state index contributed by atoms with van der Waals surface area (Å²) in [5, 5.41) is 9.44. The lowest BCUT2D eigenvalue weighted by Crippen LogP contribution is -2.31. The Hall–Kier alpha value is -2.50. The van der Waals surface area contributed by atoms with Gasteiger partial charge in [-0.2, -0.15) is 5.10 Å². The summed E-state index contributed by atoms with van der Waals surface area (Å²) in [6, 6.07) is 7.54. The normalized spacial score (nSPS) is 17.1. The molecule has 0 saturated heterocycles. The summed E-state index contributed by atoms with van der Waals surface area (Å²) in [7, 11) is 1.66. The number of hydrogen-bond acceptors (Lipinski definition) is 4. The summed E-state index contributed by atoms with van der Waals surface area (Å²) in [5.74, 6) is 0.976. The zero-order chi connectivity index (χ0) is 14.8. The molecule has 4 N–H and O–H groups in total. The number of carbonyl (C=O) groups is 1. The highest BCUT2D eigenvalue weighted by Gasteiger charge is 2.23. The van der Waals surface area contributed by atoms with Crippen molar-refractivity contribution in [3.05, 3.63) is 41.1 Å². The maximum atomic E-state index is 12.2. The van der Waals surface area contributed by atoms with Crippen molar-refractivity contribution in [1.29, 1.82) is 0 Å². The van der Waals surface area contributed by atoms with Crippen molar-refractivity contribution in [3.63, 3.8) is 0 Å². The molecule has 1 heterocycles. The molecule has 0 radical (unpaired) electrons. The first kappa shape index (κ1) is 13.5. The van der Waals surface area contributed by atoms with Crippen LogP contribution < -0.4 is 15.8 Å². The predicted molar refractivity (Wildman–Crippen MR) is 79.1 cm³/mol. The van der Waals surface area contributed by atoms with Gasteiger partial charge in [-0.25, -0.2) is 0 Å². The highest BCUT2D eigenvalue weighted by atomic mass is 16.5. The number of nitrogens with zero attached hydrogens (tertiary/aromatic N) is 1. The van der Waals surface area contributed by atoms with Crippen LogP contribution >= 0.6 is 0 Å². The Morgan fingerprint density at radius 3 is 3.05 bits per heavy atom. The van der Waals surface area contributed by atoms with Gasteiger partial charge in [-0.1, -0.05) is 6.07 Å². The molecular formula is C15H18N4O2. The Bertz CT molecular complexity index is 665. The van der Waals surface area contributed by atoms with Crippen LogP contribution in [-0.2, 0) is 6.42 Å². The Morgan fingerprint density at radius 1 is 1.48 bits per heavy atom. The fourth-order valence-corrected chi connectivity index (χ4v) is 2.76. The number of H-pyrrole nitrogens is 1. The van der Waals surface area contributed by atoms with E-state index in [4.69, 9.17) is 10.5 Å².